The smallest absolute Gasteiger partial charge is 0.237 e. The van der Waals surface area contributed by atoms with Gasteiger partial charge in [-0.3, -0.25) is 9.69 Å². The van der Waals surface area contributed by atoms with Gasteiger partial charge in [-0.1, -0.05) is 19.9 Å². The molecule has 6 heteroatoms. The second-order valence-electron chi connectivity index (χ2n) is 7.36. The van der Waals surface area contributed by atoms with Gasteiger partial charge in [0.25, 0.3) is 0 Å². The number of carbonyl (C=O) groups is 1. The number of phenols is 1. The van der Waals surface area contributed by atoms with Crippen LogP contribution in [0.4, 0.5) is 0 Å². The second kappa shape index (κ2) is 8.17. The van der Waals surface area contributed by atoms with Gasteiger partial charge in [-0.2, -0.15) is 0 Å². The Kier molecular flexibility index (Phi) is 5.93. The molecule has 2 aliphatic rings. The standard InChI is InChI=1S/C19H29N3O3/c1-13(2)18(12-22-5-7-25-8-6-22)21-19(24)17-10-14-3-4-16(23)9-15(14)11-20-17/h3-4,9,13,17-18,20,23H,5-8,10-12H2,1-2H3,(H,21,24)/t17-,18-/m1/s1. The quantitative estimate of drug-likeness (QED) is 0.737. The highest BCUT2D eigenvalue weighted by Gasteiger charge is 2.28. The van der Waals surface area contributed by atoms with Crippen LogP contribution in [-0.4, -0.2) is 60.8 Å². The van der Waals surface area contributed by atoms with Crippen molar-refractivity contribution in [3.05, 3.63) is 29.3 Å². The number of rotatable bonds is 5. The van der Waals surface area contributed by atoms with Crippen LogP contribution in [0.25, 0.3) is 0 Å². The third kappa shape index (κ3) is 4.71. The van der Waals surface area contributed by atoms with Crippen molar-refractivity contribution in [3.8, 4) is 5.75 Å². The number of hydrogen-bond acceptors (Lipinski definition) is 5. The zero-order valence-electron chi connectivity index (χ0n) is 15.1. The summed E-state index contributed by atoms with van der Waals surface area (Å²) in [6.07, 6.45) is 0.657. The maximum atomic E-state index is 12.8. The summed E-state index contributed by atoms with van der Waals surface area (Å²) in [6, 6.07) is 5.29. The minimum absolute atomic E-state index is 0.0608. The Morgan fingerprint density at radius 3 is 2.84 bits per heavy atom. The summed E-state index contributed by atoms with van der Waals surface area (Å²) < 4.78 is 5.40. The highest BCUT2D eigenvalue weighted by atomic mass is 16.5. The molecule has 1 saturated heterocycles. The third-order valence-corrected chi connectivity index (χ3v) is 5.16. The average Bonchev–Trinajstić information content (AvgIpc) is 2.61. The Labute approximate surface area is 149 Å². The van der Waals surface area contributed by atoms with E-state index in [2.05, 4.69) is 29.4 Å². The fourth-order valence-corrected chi connectivity index (χ4v) is 3.46. The first-order chi connectivity index (χ1) is 12.0. The minimum Gasteiger partial charge on any atom is -0.508 e. The first kappa shape index (κ1) is 18.2. The van der Waals surface area contributed by atoms with E-state index >= 15 is 0 Å². The zero-order chi connectivity index (χ0) is 17.8. The number of phenolic OH excluding ortho intramolecular Hbond substituents is 1. The van der Waals surface area contributed by atoms with Crippen LogP contribution in [0.3, 0.4) is 0 Å². The zero-order valence-corrected chi connectivity index (χ0v) is 15.1. The SMILES string of the molecule is CC(C)[C@@H](CN1CCOCC1)NC(=O)[C@H]1Cc2ccc(O)cc2CN1. The third-order valence-electron chi connectivity index (χ3n) is 5.16. The van der Waals surface area contributed by atoms with E-state index in [0.29, 0.717) is 18.9 Å². The van der Waals surface area contributed by atoms with Gasteiger partial charge in [-0.05, 0) is 35.6 Å². The predicted molar refractivity (Wildman–Crippen MR) is 96.5 cm³/mol. The summed E-state index contributed by atoms with van der Waals surface area (Å²) in [7, 11) is 0. The highest BCUT2D eigenvalue weighted by Crippen LogP contribution is 2.21. The Morgan fingerprint density at radius 2 is 2.12 bits per heavy atom. The van der Waals surface area contributed by atoms with Crippen molar-refractivity contribution in [1.82, 2.24) is 15.5 Å². The lowest BCUT2D eigenvalue weighted by Crippen LogP contribution is -2.55. The summed E-state index contributed by atoms with van der Waals surface area (Å²) in [4.78, 5) is 15.1. The van der Waals surface area contributed by atoms with Crippen molar-refractivity contribution in [1.29, 1.82) is 0 Å². The maximum absolute atomic E-state index is 12.8. The van der Waals surface area contributed by atoms with Crippen molar-refractivity contribution in [2.75, 3.05) is 32.8 Å². The van der Waals surface area contributed by atoms with Gasteiger partial charge in [0.15, 0.2) is 0 Å². The molecule has 25 heavy (non-hydrogen) atoms. The number of ether oxygens (including phenoxy) is 1. The molecule has 0 bridgehead atoms. The predicted octanol–water partition coefficient (Wildman–Crippen LogP) is 0.879. The van der Waals surface area contributed by atoms with Crippen molar-refractivity contribution < 1.29 is 14.6 Å². The number of morpholine rings is 1. The summed E-state index contributed by atoms with van der Waals surface area (Å²) >= 11 is 0. The van der Waals surface area contributed by atoms with Crippen LogP contribution in [0.1, 0.15) is 25.0 Å². The van der Waals surface area contributed by atoms with Gasteiger partial charge in [-0.15, -0.1) is 0 Å². The topological polar surface area (TPSA) is 73.8 Å². The first-order valence-corrected chi connectivity index (χ1v) is 9.17. The lowest BCUT2D eigenvalue weighted by Gasteiger charge is -2.34. The normalized spacial score (nSPS) is 22.4. The number of aromatic hydroxyl groups is 1. The van der Waals surface area contributed by atoms with Crippen LogP contribution in [0.15, 0.2) is 18.2 Å². The molecule has 0 aromatic heterocycles. The summed E-state index contributed by atoms with van der Waals surface area (Å²) in [5, 5.41) is 16.1. The Bertz CT molecular complexity index is 600. The molecule has 3 rings (SSSR count). The number of benzene rings is 1. The Hall–Kier alpha value is -1.63. The molecule has 6 nitrogen and oxygen atoms in total. The van der Waals surface area contributed by atoms with Crippen molar-refractivity contribution in [3.63, 3.8) is 0 Å². The summed E-state index contributed by atoms with van der Waals surface area (Å²) in [5.74, 6) is 0.708. The fraction of sp³-hybridized carbons (Fsp3) is 0.632. The molecular formula is C19H29N3O3. The van der Waals surface area contributed by atoms with Gasteiger partial charge >= 0.3 is 0 Å². The van der Waals surface area contributed by atoms with Gasteiger partial charge in [0.1, 0.15) is 5.75 Å². The average molecular weight is 347 g/mol. The van der Waals surface area contributed by atoms with Crippen LogP contribution < -0.4 is 10.6 Å². The minimum atomic E-state index is -0.219. The van der Waals surface area contributed by atoms with Crippen LogP contribution >= 0.6 is 0 Å². The van der Waals surface area contributed by atoms with Gasteiger partial charge in [0, 0.05) is 32.2 Å². The summed E-state index contributed by atoms with van der Waals surface area (Å²) in [6.45, 7) is 9.17. The Balaban J connectivity index is 1.58. The molecule has 2 aliphatic heterocycles. The monoisotopic (exact) mass is 347 g/mol. The fourth-order valence-electron chi connectivity index (χ4n) is 3.46. The van der Waals surface area contributed by atoms with Gasteiger partial charge < -0.3 is 20.5 Å². The second-order valence-corrected chi connectivity index (χ2v) is 7.36. The number of nitrogens with zero attached hydrogens (tertiary/aromatic N) is 1. The number of hydrogen-bond donors (Lipinski definition) is 3. The van der Waals surface area contributed by atoms with E-state index in [1.807, 2.05) is 6.07 Å². The van der Waals surface area contributed by atoms with E-state index in [9.17, 15) is 9.90 Å². The number of carbonyl (C=O) groups excluding carboxylic acids is 1. The molecule has 0 radical (unpaired) electrons. The van der Waals surface area contributed by atoms with E-state index in [4.69, 9.17) is 4.74 Å². The van der Waals surface area contributed by atoms with Gasteiger partial charge in [0.05, 0.1) is 19.3 Å². The van der Waals surface area contributed by atoms with E-state index in [1.165, 1.54) is 0 Å². The molecule has 3 N–H and O–H groups in total. The largest absolute Gasteiger partial charge is 0.508 e. The van der Waals surface area contributed by atoms with E-state index in [-0.39, 0.29) is 23.7 Å². The molecule has 1 aromatic rings. The molecule has 1 amide bonds. The van der Waals surface area contributed by atoms with Gasteiger partial charge in [-0.25, -0.2) is 0 Å². The maximum Gasteiger partial charge on any atom is 0.237 e. The number of amides is 1. The summed E-state index contributed by atoms with van der Waals surface area (Å²) in [5.41, 5.74) is 2.20. The van der Waals surface area contributed by atoms with E-state index in [1.54, 1.807) is 12.1 Å². The van der Waals surface area contributed by atoms with E-state index in [0.717, 1.165) is 44.0 Å². The lowest BCUT2D eigenvalue weighted by molar-refractivity contribution is -0.124. The van der Waals surface area contributed by atoms with Gasteiger partial charge in [0.2, 0.25) is 5.91 Å². The molecule has 1 fully saturated rings. The first-order valence-electron chi connectivity index (χ1n) is 9.17. The Morgan fingerprint density at radius 1 is 1.36 bits per heavy atom. The van der Waals surface area contributed by atoms with Crippen molar-refractivity contribution in [2.24, 2.45) is 5.92 Å². The lowest BCUT2D eigenvalue weighted by atomic mass is 9.94. The molecule has 1 aromatic carbocycles. The molecule has 0 saturated carbocycles. The molecule has 0 spiro atoms. The highest BCUT2D eigenvalue weighted by molar-refractivity contribution is 5.82. The van der Waals surface area contributed by atoms with Crippen molar-refractivity contribution in [2.45, 2.75) is 38.9 Å². The molecule has 2 heterocycles. The molecule has 2 atom stereocenters. The van der Waals surface area contributed by atoms with Crippen molar-refractivity contribution >= 4 is 5.91 Å². The molecular weight excluding hydrogens is 318 g/mol. The van der Waals surface area contributed by atoms with Crippen LogP contribution in [0.5, 0.6) is 5.75 Å². The number of fused-ring (bicyclic) bond motifs is 1. The van der Waals surface area contributed by atoms with Crippen LogP contribution in [-0.2, 0) is 22.5 Å². The molecule has 0 unspecified atom stereocenters. The van der Waals surface area contributed by atoms with Crippen LogP contribution in [0, 0.1) is 5.92 Å². The number of nitrogens with one attached hydrogen (secondary N) is 2. The molecule has 138 valence electrons. The van der Waals surface area contributed by atoms with E-state index < -0.39 is 0 Å². The van der Waals surface area contributed by atoms with Crippen LogP contribution in [0.2, 0.25) is 0 Å². The molecule has 0 aliphatic carbocycles.